The average molecular weight is 331 g/mol. The minimum Gasteiger partial charge on any atom is -0.450 e. The molecule has 1 saturated heterocycles. The van der Waals surface area contributed by atoms with Gasteiger partial charge in [-0.2, -0.15) is 5.10 Å². The Balaban J connectivity index is 1.60. The molecular weight excluding hydrogens is 314 g/mol. The van der Waals surface area contributed by atoms with E-state index in [1.54, 1.807) is 28.9 Å². The van der Waals surface area contributed by atoms with E-state index < -0.39 is 0 Å². The minimum atomic E-state index is -0.346. The first-order chi connectivity index (χ1) is 11.7. The summed E-state index contributed by atoms with van der Waals surface area (Å²) in [5, 5.41) is 11.9. The van der Waals surface area contributed by atoms with Gasteiger partial charge in [0, 0.05) is 26.2 Å². The van der Waals surface area contributed by atoms with Crippen LogP contribution in [0.3, 0.4) is 0 Å². The van der Waals surface area contributed by atoms with Gasteiger partial charge in [-0.1, -0.05) is 0 Å². The molecule has 1 aliphatic heterocycles. The molecule has 0 unspecified atom stereocenters. The van der Waals surface area contributed by atoms with E-state index in [-0.39, 0.29) is 17.7 Å². The molecule has 0 radical (unpaired) electrons. The van der Waals surface area contributed by atoms with Crippen LogP contribution in [0.4, 0.5) is 4.79 Å². The van der Waals surface area contributed by atoms with Crippen LogP contribution < -0.4 is 0 Å². The van der Waals surface area contributed by atoms with Crippen LogP contribution >= 0.6 is 0 Å². The highest BCUT2D eigenvalue weighted by atomic mass is 16.6. The summed E-state index contributed by atoms with van der Waals surface area (Å²) in [5.41, 5.74) is 0.253. The van der Waals surface area contributed by atoms with Crippen molar-refractivity contribution in [1.82, 2.24) is 34.8 Å². The third-order valence-electron chi connectivity index (χ3n) is 3.62. The van der Waals surface area contributed by atoms with Crippen LogP contribution in [0.5, 0.6) is 0 Å². The maximum atomic E-state index is 12.5. The van der Waals surface area contributed by atoms with Crippen LogP contribution in [0, 0.1) is 0 Å². The predicted molar refractivity (Wildman–Crippen MR) is 81.4 cm³/mol. The molecule has 0 aliphatic carbocycles. The number of carbonyl (C=O) groups is 2. The van der Waals surface area contributed by atoms with Crippen molar-refractivity contribution in [1.29, 1.82) is 0 Å². The van der Waals surface area contributed by atoms with Gasteiger partial charge >= 0.3 is 6.09 Å². The molecule has 3 heterocycles. The smallest absolute Gasteiger partial charge is 0.409 e. The molecule has 1 aliphatic rings. The standard InChI is InChI=1S/C14H17N7O3/c1-2-24-14(23)20-7-5-19(6-8-20)13(22)11-3-4-12(18-17-11)21-10-15-9-16-21/h3-4,9-10H,2,5-8H2,1H3. The predicted octanol–water partition coefficient (Wildman–Crippen LogP) is -0.0284. The summed E-state index contributed by atoms with van der Waals surface area (Å²) >= 11 is 0. The van der Waals surface area contributed by atoms with E-state index in [2.05, 4.69) is 20.3 Å². The zero-order chi connectivity index (χ0) is 16.9. The largest absolute Gasteiger partial charge is 0.450 e. The van der Waals surface area contributed by atoms with Crippen LogP contribution in [0.25, 0.3) is 5.82 Å². The molecule has 0 atom stereocenters. The summed E-state index contributed by atoms with van der Waals surface area (Å²) in [6.45, 7) is 3.85. The first kappa shape index (κ1) is 15.8. The van der Waals surface area contributed by atoms with E-state index in [0.29, 0.717) is 38.6 Å². The Kier molecular flexibility index (Phi) is 4.64. The van der Waals surface area contributed by atoms with Crippen molar-refractivity contribution in [2.24, 2.45) is 0 Å². The fourth-order valence-corrected chi connectivity index (χ4v) is 2.36. The second-order valence-corrected chi connectivity index (χ2v) is 5.09. The van der Waals surface area contributed by atoms with Gasteiger partial charge in [0.25, 0.3) is 5.91 Å². The maximum Gasteiger partial charge on any atom is 0.409 e. The van der Waals surface area contributed by atoms with Crippen molar-refractivity contribution in [3.63, 3.8) is 0 Å². The molecule has 0 saturated carbocycles. The SMILES string of the molecule is CCOC(=O)N1CCN(C(=O)c2ccc(-n3cncn3)nn2)CC1. The molecule has 2 amide bonds. The van der Waals surface area contributed by atoms with Gasteiger partial charge in [0.2, 0.25) is 0 Å². The first-order valence-corrected chi connectivity index (χ1v) is 7.58. The topological polar surface area (TPSA) is 106 Å². The lowest BCUT2D eigenvalue weighted by molar-refractivity contribution is 0.0565. The highest BCUT2D eigenvalue weighted by Crippen LogP contribution is 2.09. The Morgan fingerprint density at radius 3 is 2.46 bits per heavy atom. The summed E-state index contributed by atoms with van der Waals surface area (Å²) < 4.78 is 6.42. The van der Waals surface area contributed by atoms with Gasteiger partial charge in [-0.05, 0) is 19.1 Å². The van der Waals surface area contributed by atoms with E-state index in [4.69, 9.17) is 4.74 Å². The number of carbonyl (C=O) groups excluding carboxylic acids is 2. The van der Waals surface area contributed by atoms with Gasteiger partial charge in [0.05, 0.1) is 6.61 Å². The number of ether oxygens (including phenoxy) is 1. The second-order valence-electron chi connectivity index (χ2n) is 5.09. The monoisotopic (exact) mass is 331 g/mol. The molecule has 24 heavy (non-hydrogen) atoms. The zero-order valence-electron chi connectivity index (χ0n) is 13.2. The average Bonchev–Trinajstić information content (AvgIpc) is 3.16. The maximum absolute atomic E-state index is 12.5. The Morgan fingerprint density at radius 1 is 1.12 bits per heavy atom. The lowest BCUT2D eigenvalue weighted by atomic mass is 10.2. The van der Waals surface area contributed by atoms with Gasteiger partial charge in [-0.15, -0.1) is 10.2 Å². The molecule has 0 spiro atoms. The van der Waals surface area contributed by atoms with Crippen molar-refractivity contribution in [2.45, 2.75) is 6.92 Å². The van der Waals surface area contributed by atoms with Crippen molar-refractivity contribution in [3.8, 4) is 5.82 Å². The number of nitrogens with zero attached hydrogens (tertiary/aromatic N) is 7. The number of amides is 2. The zero-order valence-corrected chi connectivity index (χ0v) is 13.2. The molecule has 10 heteroatoms. The van der Waals surface area contributed by atoms with Gasteiger partial charge in [-0.3, -0.25) is 4.79 Å². The lowest BCUT2D eigenvalue weighted by Crippen LogP contribution is -2.50. The molecular formula is C14H17N7O3. The van der Waals surface area contributed by atoms with E-state index in [1.165, 1.54) is 17.3 Å². The third kappa shape index (κ3) is 3.31. The van der Waals surface area contributed by atoms with Gasteiger partial charge in [0.1, 0.15) is 12.7 Å². The highest BCUT2D eigenvalue weighted by Gasteiger charge is 2.26. The fraction of sp³-hybridized carbons (Fsp3) is 0.429. The van der Waals surface area contributed by atoms with Crippen LogP contribution in [0.15, 0.2) is 24.8 Å². The minimum absolute atomic E-state index is 0.212. The summed E-state index contributed by atoms with van der Waals surface area (Å²) in [6, 6.07) is 3.26. The number of piperazine rings is 1. The van der Waals surface area contributed by atoms with Crippen molar-refractivity contribution in [2.75, 3.05) is 32.8 Å². The molecule has 1 fully saturated rings. The molecule has 2 aromatic rings. The van der Waals surface area contributed by atoms with E-state index in [1.807, 2.05) is 0 Å². The van der Waals surface area contributed by atoms with Gasteiger partial charge < -0.3 is 14.5 Å². The number of hydrogen-bond acceptors (Lipinski definition) is 7. The van der Waals surface area contributed by atoms with Crippen LogP contribution in [0.2, 0.25) is 0 Å². The van der Waals surface area contributed by atoms with Gasteiger partial charge in [0.15, 0.2) is 11.5 Å². The number of hydrogen-bond donors (Lipinski definition) is 0. The normalized spacial score (nSPS) is 14.5. The van der Waals surface area contributed by atoms with Crippen molar-refractivity contribution in [3.05, 3.63) is 30.5 Å². The van der Waals surface area contributed by atoms with Crippen LogP contribution in [0.1, 0.15) is 17.4 Å². The lowest BCUT2D eigenvalue weighted by Gasteiger charge is -2.33. The van der Waals surface area contributed by atoms with E-state index in [0.717, 1.165) is 0 Å². The molecule has 0 N–H and O–H groups in total. The fourth-order valence-electron chi connectivity index (χ4n) is 2.36. The van der Waals surface area contributed by atoms with Crippen molar-refractivity contribution >= 4 is 12.0 Å². The summed E-state index contributed by atoms with van der Waals surface area (Å²) in [5.74, 6) is 0.271. The van der Waals surface area contributed by atoms with Crippen LogP contribution in [-0.4, -0.2) is 79.5 Å². The molecule has 2 aromatic heterocycles. The Labute approximate surface area is 138 Å². The Bertz CT molecular complexity index is 694. The molecule has 10 nitrogen and oxygen atoms in total. The molecule has 126 valence electrons. The Hall–Kier alpha value is -3.04. The number of rotatable bonds is 3. The van der Waals surface area contributed by atoms with Crippen LogP contribution in [-0.2, 0) is 4.74 Å². The quantitative estimate of drug-likeness (QED) is 0.777. The summed E-state index contributed by atoms with van der Waals surface area (Å²) in [4.78, 5) is 31.2. The Morgan fingerprint density at radius 2 is 1.88 bits per heavy atom. The number of aromatic nitrogens is 5. The van der Waals surface area contributed by atoms with E-state index in [9.17, 15) is 9.59 Å². The molecule has 0 aromatic carbocycles. The molecule has 0 bridgehead atoms. The summed E-state index contributed by atoms with van der Waals surface area (Å²) in [6.07, 6.45) is 2.55. The first-order valence-electron chi connectivity index (χ1n) is 7.58. The third-order valence-corrected chi connectivity index (χ3v) is 3.62. The van der Waals surface area contributed by atoms with Gasteiger partial charge in [-0.25, -0.2) is 14.5 Å². The highest BCUT2D eigenvalue weighted by molar-refractivity contribution is 5.92. The van der Waals surface area contributed by atoms with E-state index >= 15 is 0 Å². The van der Waals surface area contributed by atoms with Crippen molar-refractivity contribution < 1.29 is 14.3 Å². The summed E-state index contributed by atoms with van der Waals surface area (Å²) in [7, 11) is 0. The molecule has 3 rings (SSSR count). The second kappa shape index (κ2) is 7.02.